The van der Waals surface area contributed by atoms with E-state index in [2.05, 4.69) is 0 Å². The number of nitrogens with zero attached hydrogens (tertiary/aromatic N) is 1. The first-order chi connectivity index (χ1) is 7.11. The van der Waals surface area contributed by atoms with Gasteiger partial charge in [-0.25, -0.2) is 4.57 Å². The molecule has 9 nitrogen and oxygen atoms in total. The van der Waals surface area contributed by atoms with Crippen molar-refractivity contribution >= 4 is 13.5 Å². The normalized spacial score (nSPS) is 10.2. The summed E-state index contributed by atoms with van der Waals surface area (Å²) in [6.07, 6.45) is 0. The minimum atomic E-state index is -4.64. The van der Waals surface area contributed by atoms with Gasteiger partial charge in [0.2, 0.25) is 0 Å². The Balaban J connectivity index is 0.000000385. The fraction of sp³-hybridized carbons (Fsp3) is 0. The second-order valence-corrected chi connectivity index (χ2v) is 3.47. The van der Waals surface area contributed by atoms with Crippen molar-refractivity contribution in [2.45, 2.75) is 0 Å². The van der Waals surface area contributed by atoms with Crippen LogP contribution in [-0.4, -0.2) is 29.8 Å². The molecule has 10 heteroatoms. The van der Waals surface area contributed by atoms with Crippen molar-refractivity contribution in [2.75, 3.05) is 0 Å². The molecule has 0 fully saturated rings. The van der Waals surface area contributed by atoms with Gasteiger partial charge in [-0.3, -0.25) is 10.1 Å². The highest BCUT2D eigenvalue weighted by Gasteiger charge is 2.08. The predicted molar refractivity (Wildman–Crippen MR) is 50.7 cm³/mol. The summed E-state index contributed by atoms with van der Waals surface area (Å²) < 4.78 is 8.88. The van der Waals surface area contributed by atoms with E-state index in [1.165, 1.54) is 0 Å². The topological polar surface area (TPSA) is 161 Å². The lowest BCUT2D eigenvalue weighted by Gasteiger charge is -1.94. The number of phenolic OH excluding ortho intramolecular Hbond substituents is 2. The molecule has 90 valence electrons. The highest BCUT2D eigenvalue weighted by Crippen LogP contribution is 2.28. The summed E-state index contributed by atoms with van der Waals surface area (Å²) in [7, 11) is -4.64. The van der Waals surface area contributed by atoms with Crippen LogP contribution in [0.3, 0.4) is 0 Å². The Kier molecular flexibility index (Phi) is 4.86. The highest BCUT2D eigenvalue weighted by atomic mass is 31.2. The van der Waals surface area contributed by atoms with Crippen molar-refractivity contribution in [2.24, 2.45) is 0 Å². The lowest BCUT2D eigenvalue weighted by molar-refractivity contribution is -0.385. The zero-order valence-electron chi connectivity index (χ0n) is 7.59. The number of phenols is 2. The van der Waals surface area contributed by atoms with Crippen LogP contribution in [0.2, 0.25) is 0 Å². The Morgan fingerprint density at radius 1 is 1.12 bits per heavy atom. The Hall–Kier alpha value is -1.67. The number of hydrogen-bond acceptors (Lipinski definition) is 5. The molecule has 0 aliphatic carbocycles. The fourth-order valence-electron chi connectivity index (χ4n) is 0.625. The van der Waals surface area contributed by atoms with E-state index in [0.717, 1.165) is 18.2 Å². The SMILES string of the molecule is O=P(O)(O)O.O=[N+]([O-])c1ccc(O)c(O)c1. The third kappa shape index (κ3) is 6.74. The largest absolute Gasteiger partial charge is 0.504 e. The van der Waals surface area contributed by atoms with Gasteiger partial charge < -0.3 is 24.9 Å². The number of nitro groups is 1. The molecule has 0 aromatic heterocycles. The van der Waals surface area contributed by atoms with Gasteiger partial charge in [0.05, 0.1) is 11.0 Å². The average molecular weight is 253 g/mol. The Morgan fingerprint density at radius 2 is 1.56 bits per heavy atom. The Bertz CT molecular complexity index is 418. The summed E-state index contributed by atoms with van der Waals surface area (Å²) in [5.74, 6) is -0.852. The van der Waals surface area contributed by atoms with Gasteiger partial charge in [0.1, 0.15) is 0 Å². The van der Waals surface area contributed by atoms with E-state index in [-0.39, 0.29) is 11.4 Å². The number of rotatable bonds is 1. The zero-order valence-corrected chi connectivity index (χ0v) is 8.48. The molecule has 0 saturated heterocycles. The monoisotopic (exact) mass is 253 g/mol. The molecule has 0 unspecified atom stereocenters. The van der Waals surface area contributed by atoms with Crippen LogP contribution >= 0.6 is 7.82 Å². The van der Waals surface area contributed by atoms with Gasteiger partial charge in [-0.2, -0.15) is 0 Å². The molecule has 0 spiro atoms. The van der Waals surface area contributed by atoms with Crippen LogP contribution < -0.4 is 0 Å². The van der Waals surface area contributed by atoms with Crippen molar-refractivity contribution < 1.29 is 34.4 Å². The third-order valence-electron chi connectivity index (χ3n) is 1.17. The van der Waals surface area contributed by atoms with Crippen LogP contribution in [0.4, 0.5) is 5.69 Å². The molecule has 1 rings (SSSR count). The summed E-state index contributed by atoms with van der Waals surface area (Å²) in [5, 5.41) is 27.6. The summed E-state index contributed by atoms with van der Waals surface area (Å²) in [4.78, 5) is 31.0. The van der Waals surface area contributed by atoms with E-state index in [1.54, 1.807) is 0 Å². The van der Waals surface area contributed by atoms with Crippen LogP contribution in [0.1, 0.15) is 0 Å². The number of aromatic hydroxyl groups is 2. The van der Waals surface area contributed by atoms with Crippen molar-refractivity contribution in [3.05, 3.63) is 28.3 Å². The number of benzene rings is 1. The first-order valence-corrected chi connectivity index (χ1v) is 5.12. The number of non-ortho nitro benzene ring substituents is 1. The van der Waals surface area contributed by atoms with E-state index in [4.69, 9.17) is 29.5 Å². The number of nitro benzene ring substituents is 1. The summed E-state index contributed by atoms with van der Waals surface area (Å²) in [5.41, 5.74) is -0.250. The maximum absolute atomic E-state index is 10.1. The van der Waals surface area contributed by atoms with Crippen molar-refractivity contribution in [1.29, 1.82) is 0 Å². The third-order valence-corrected chi connectivity index (χ3v) is 1.17. The standard InChI is InChI=1S/C6H5NO4.H3O4P/c8-5-2-1-4(7(10)11)3-6(5)9;1-5(2,3)4/h1-3,8-9H;(H3,1,2,3,4). The van der Waals surface area contributed by atoms with Gasteiger partial charge in [-0.05, 0) is 6.07 Å². The van der Waals surface area contributed by atoms with Crippen molar-refractivity contribution in [1.82, 2.24) is 0 Å². The summed E-state index contributed by atoms with van der Waals surface area (Å²) >= 11 is 0. The van der Waals surface area contributed by atoms with Gasteiger partial charge in [-0.1, -0.05) is 0 Å². The first-order valence-electron chi connectivity index (χ1n) is 3.56. The molecule has 5 N–H and O–H groups in total. The lowest BCUT2D eigenvalue weighted by Crippen LogP contribution is -1.86. The van der Waals surface area contributed by atoms with Crippen LogP contribution in [0.15, 0.2) is 18.2 Å². The zero-order chi connectivity index (χ0) is 12.9. The molecule has 1 aromatic carbocycles. The Morgan fingerprint density at radius 3 is 1.88 bits per heavy atom. The minimum Gasteiger partial charge on any atom is -0.504 e. The molecule has 16 heavy (non-hydrogen) atoms. The van der Waals surface area contributed by atoms with Crippen LogP contribution in [0, 0.1) is 10.1 Å². The fourth-order valence-corrected chi connectivity index (χ4v) is 0.625. The molecule has 0 radical (unpaired) electrons. The lowest BCUT2D eigenvalue weighted by atomic mass is 10.3. The smallest absolute Gasteiger partial charge is 0.466 e. The van der Waals surface area contributed by atoms with Crippen molar-refractivity contribution in [3.63, 3.8) is 0 Å². The maximum atomic E-state index is 10.1. The highest BCUT2D eigenvalue weighted by molar-refractivity contribution is 7.45. The molecule has 0 aliphatic heterocycles. The molecule has 0 aliphatic rings. The summed E-state index contributed by atoms with van der Waals surface area (Å²) in [6, 6.07) is 3.05. The average Bonchev–Trinajstić information content (AvgIpc) is 2.06. The van der Waals surface area contributed by atoms with Gasteiger partial charge >= 0.3 is 7.82 Å². The molecular weight excluding hydrogens is 245 g/mol. The second kappa shape index (κ2) is 5.42. The number of hydrogen-bond donors (Lipinski definition) is 5. The van der Waals surface area contributed by atoms with E-state index < -0.39 is 18.5 Å². The molecule has 0 atom stereocenters. The summed E-state index contributed by atoms with van der Waals surface area (Å²) in [6.45, 7) is 0. The molecular formula is C6H8NO8P. The molecule has 0 amide bonds. The van der Waals surface area contributed by atoms with Gasteiger partial charge in [0.15, 0.2) is 11.5 Å². The van der Waals surface area contributed by atoms with E-state index in [1.807, 2.05) is 0 Å². The second-order valence-electron chi connectivity index (χ2n) is 2.44. The quantitative estimate of drug-likeness (QED) is 0.203. The van der Waals surface area contributed by atoms with Crippen LogP contribution in [0.5, 0.6) is 11.5 Å². The van der Waals surface area contributed by atoms with E-state index >= 15 is 0 Å². The molecule has 0 saturated carbocycles. The van der Waals surface area contributed by atoms with Crippen LogP contribution in [-0.2, 0) is 4.57 Å². The van der Waals surface area contributed by atoms with Crippen LogP contribution in [0.25, 0.3) is 0 Å². The first kappa shape index (κ1) is 14.3. The molecule has 0 heterocycles. The van der Waals surface area contributed by atoms with E-state index in [0.29, 0.717) is 0 Å². The molecule has 0 bridgehead atoms. The predicted octanol–water partition coefficient (Wildman–Crippen LogP) is 0.0774. The van der Waals surface area contributed by atoms with Gasteiger partial charge in [0.25, 0.3) is 5.69 Å². The van der Waals surface area contributed by atoms with Crippen molar-refractivity contribution in [3.8, 4) is 11.5 Å². The van der Waals surface area contributed by atoms with Gasteiger partial charge in [0, 0.05) is 6.07 Å². The van der Waals surface area contributed by atoms with Gasteiger partial charge in [-0.15, -0.1) is 0 Å². The minimum absolute atomic E-state index is 0.250. The Labute approximate surface area is 88.6 Å². The van der Waals surface area contributed by atoms with E-state index in [9.17, 15) is 10.1 Å². The molecule has 1 aromatic rings. The number of phosphoric acid groups is 1. The maximum Gasteiger partial charge on any atom is 0.466 e.